The van der Waals surface area contributed by atoms with E-state index >= 15 is 0 Å². The molecule has 110 valence electrons. The first-order valence-electron chi connectivity index (χ1n) is 7.47. The summed E-state index contributed by atoms with van der Waals surface area (Å²) in [6, 6.07) is 13.1. The van der Waals surface area contributed by atoms with Crippen LogP contribution in [-0.4, -0.2) is 19.7 Å². The van der Waals surface area contributed by atoms with Crippen molar-refractivity contribution in [2.45, 2.75) is 32.7 Å². The van der Waals surface area contributed by atoms with E-state index in [1.807, 2.05) is 13.0 Å². The fourth-order valence-corrected chi connectivity index (χ4v) is 2.62. The zero-order chi connectivity index (χ0) is 15.1. The molecule has 1 N–H and O–H groups in total. The Morgan fingerprint density at radius 2 is 2.10 bits per heavy atom. The van der Waals surface area contributed by atoms with Gasteiger partial charge in [0.1, 0.15) is 5.75 Å². The molecule has 2 nitrogen and oxygen atoms in total. The quantitative estimate of drug-likeness (QED) is 0.814. The minimum Gasteiger partial charge on any atom is -0.497 e. The minimum atomic E-state index is 0.388. The molecule has 0 spiro atoms. The highest BCUT2D eigenvalue weighted by atomic mass is 16.5. The summed E-state index contributed by atoms with van der Waals surface area (Å²) < 4.78 is 5.36. The second kappa shape index (κ2) is 7.71. The Morgan fingerprint density at radius 3 is 2.81 bits per heavy atom. The number of hydrogen-bond donors (Lipinski definition) is 1. The summed E-state index contributed by atoms with van der Waals surface area (Å²) in [5, 5.41) is 6.05. The van der Waals surface area contributed by atoms with Gasteiger partial charge in [-0.2, -0.15) is 0 Å². The third-order valence-electron chi connectivity index (χ3n) is 3.66. The van der Waals surface area contributed by atoms with Crippen LogP contribution in [0.3, 0.4) is 0 Å². The largest absolute Gasteiger partial charge is 0.497 e. The average Bonchev–Trinajstić information content (AvgIpc) is 2.52. The number of fused-ring (bicyclic) bond motifs is 1. The van der Waals surface area contributed by atoms with Gasteiger partial charge in [0, 0.05) is 12.5 Å². The molecule has 1 unspecified atom stereocenters. The third kappa shape index (κ3) is 4.00. The van der Waals surface area contributed by atoms with Crippen LogP contribution in [0.5, 0.6) is 5.75 Å². The molecule has 0 amide bonds. The van der Waals surface area contributed by atoms with E-state index in [1.165, 1.54) is 16.3 Å². The molecule has 0 aliphatic heterocycles. The smallest absolute Gasteiger partial charge is 0.119 e. The predicted octanol–water partition coefficient (Wildman–Crippen LogP) is 3.78. The highest BCUT2D eigenvalue weighted by molar-refractivity contribution is 5.87. The van der Waals surface area contributed by atoms with Gasteiger partial charge in [-0.15, -0.1) is 11.8 Å². The molecule has 2 aromatic carbocycles. The molecule has 0 aliphatic carbocycles. The second-order valence-electron chi connectivity index (χ2n) is 5.09. The molecule has 2 heteroatoms. The number of nitrogens with one attached hydrogen (secondary N) is 1. The van der Waals surface area contributed by atoms with Crippen molar-refractivity contribution in [1.29, 1.82) is 0 Å². The molecule has 0 bridgehead atoms. The Morgan fingerprint density at radius 1 is 1.24 bits per heavy atom. The summed E-state index contributed by atoms with van der Waals surface area (Å²) in [6.07, 6.45) is 1.86. The van der Waals surface area contributed by atoms with Crippen molar-refractivity contribution in [1.82, 2.24) is 5.32 Å². The molecule has 0 saturated carbocycles. The monoisotopic (exact) mass is 281 g/mol. The minimum absolute atomic E-state index is 0.388. The van der Waals surface area contributed by atoms with E-state index < -0.39 is 0 Å². The SMILES string of the molecule is CC#CCC(Cc1cccc2ccc(OC)cc12)NCC. The Balaban J connectivity index is 2.32. The van der Waals surface area contributed by atoms with Crippen molar-refractivity contribution in [3.8, 4) is 17.6 Å². The van der Waals surface area contributed by atoms with Crippen LogP contribution in [0.15, 0.2) is 36.4 Å². The van der Waals surface area contributed by atoms with Crippen molar-refractivity contribution < 1.29 is 4.74 Å². The van der Waals surface area contributed by atoms with E-state index in [9.17, 15) is 0 Å². The maximum atomic E-state index is 5.36. The zero-order valence-corrected chi connectivity index (χ0v) is 13.1. The first-order chi connectivity index (χ1) is 10.3. The van der Waals surface area contributed by atoms with Gasteiger partial charge in [-0.05, 0) is 48.4 Å². The lowest BCUT2D eigenvalue weighted by Crippen LogP contribution is -2.30. The van der Waals surface area contributed by atoms with Crippen LogP contribution < -0.4 is 10.1 Å². The van der Waals surface area contributed by atoms with Crippen molar-refractivity contribution in [2.24, 2.45) is 0 Å². The van der Waals surface area contributed by atoms with Crippen LogP contribution in [0.1, 0.15) is 25.8 Å². The fraction of sp³-hybridized carbons (Fsp3) is 0.368. The lowest BCUT2D eigenvalue weighted by molar-refractivity contribution is 0.415. The zero-order valence-electron chi connectivity index (χ0n) is 13.1. The topological polar surface area (TPSA) is 21.3 Å². The van der Waals surface area contributed by atoms with Gasteiger partial charge in [0.05, 0.1) is 7.11 Å². The summed E-state index contributed by atoms with van der Waals surface area (Å²) in [4.78, 5) is 0. The number of methoxy groups -OCH3 is 1. The molecule has 0 aliphatic rings. The average molecular weight is 281 g/mol. The van der Waals surface area contributed by atoms with E-state index in [1.54, 1.807) is 7.11 Å². The van der Waals surface area contributed by atoms with Crippen LogP contribution >= 0.6 is 0 Å². The molecule has 0 fully saturated rings. The summed E-state index contributed by atoms with van der Waals surface area (Å²) in [5.74, 6) is 7.08. The fourth-order valence-electron chi connectivity index (χ4n) is 2.62. The third-order valence-corrected chi connectivity index (χ3v) is 3.66. The van der Waals surface area contributed by atoms with E-state index in [2.05, 4.69) is 54.4 Å². The summed E-state index contributed by atoms with van der Waals surface area (Å²) in [6.45, 7) is 4.99. The Hall–Kier alpha value is -1.98. The molecule has 0 saturated heterocycles. The molecule has 0 aromatic heterocycles. The summed E-state index contributed by atoms with van der Waals surface area (Å²) >= 11 is 0. The highest BCUT2D eigenvalue weighted by Crippen LogP contribution is 2.25. The molecule has 0 radical (unpaired) electrons. The number of rotatable bonds is 6. The maximum Gasteiger partial charge on any atom is 0.119 e. The van der Waals surface area contributed by atoms with E-state index in [4.69, 9.17) is 4.74 Å². The standard InChI is InChI=1S/C19H23NO/c1-4-6-10-17(20-5-2)13-16-9-7-8-15-11-12-18(21-3)14-19(15)16/h7-9,11-12,14,17,20H,5,10,13H2,1-3H3. The number of ether oxygens (including phenoxy) is 1. The van der Waals surface area contributed by atoms with E-state index in [-0.39, 0.29) is 0 Å². The predicted molar refractivity (Wildman–Crippen MR) is 89.7 cm³/mol. The molecule has 2 aromatic rings. The number of likely N-dealkylation sites (N-methyl/N-ethyl adjacent to an activating group) is 1. The number of benzene rings is 2. The van der Waals surface area contributed by atoms with Crippen molar-refractivity contribution >= 4 is 10.8 Å². The van der Waals surface area contributed by atoms with Crippen molar-refractivity contribution in [2.75, 3.05) is 13.7 Å². The van der Waals surface area contributed by atoms with Gasteiger partial charge in [0.25, 0.3) is 0 Å². The van der Waals surface area contributed by atoms with E-state index in [0.29, 0.717) is 6.04 Å². The molecule has 2 rings (SSSR count). The lowest BCUT2D eigenvalue weighted by Gasteiger charge is -2.17. The van der Waals surface area contributed by atoms with Gasteiger partial charge >= 0.3 is 0 Å². The van der Waals surface area contributed by atoms with Gasteiger partial charge in [-0.3, -0.25) is 0 Å². The van der Waals surface area contributed by atoms with Gasteiger partial charge in [-0.1, -0.05) is 31.2 Å². The lowest BCUT2D eigenvalue weighted by atomic mass is 9.97. The summed E-state index contributed by atoms with van der Waals surface area (Å²) in [5.41, 5.74) is 1.34. The molecular weight excluding hydrogens is 258 g/mol. The Bertz CT molecular complexity index is 651. The Kier molecular flexibility index (Phi) is 5.66. The Labute approximate surface area is 127 Å². The highest BCUT2D eigenvalue weighted by Gasteiger charge is 2.10. The summed E-state index contributed by atoms with van der Waals surface area (Å²) in [7, 11) is 1.71. The van der Waals surface area contributed by atoms with Crippen LogP contribution in [0, 0.1) is 11.8 Å². The molecule has 0 heterocycles. The van der Waals surface area contributed by atoms with Crippen molar-refractivity contribution in [3.63, 3.8) is 0 Å². The van der Waals surface area contributed by atoms with Crippen molar-refractivity contribution in [3.05, 3.63) is 42.0 Å². The molecule has 1 atom stereocenters. The molecular formula is C19H23NO. The number of hydrogen-bond acceptors (Lipinski definition) is 2. The van der Waals surface area contributed by atoms with Crippen LogP contribution in [0.25, 0.3) is 10.8 Å². The molecule has 21 heavy (non-hydrogen) atoms. The van der Waals surface area contributed by atoms with Gasteiger partial charge in [0.2, 0.25) is 0 Å². The van der Waals surface area contributed by atoms with Crippen LogP contribution in [0.4, 0.5) is 0 Å². The van der Waals surface area contributed by atoms with Crippen LogP contribution in [0.2, 0.25) is 0 Å². The van der Waals surface area contributed by atoms with E-state index in [0.717, 1.165) is 25.1 Å². The van der Waals surface area contributed by atoms with Gasteiger partial charge < -0.3 is 10.1 Å². The maximum absolute atomic E-state index is 5.36. The second-order valence-corrected chi connectivity index (χ2v) is 5.09. The van der Waals surface area contributed by atoms with Crippen LogP contribution in [-0.2, 0) is 6.42 Å². The first-order valence-corrected chi connectivity index (χ1v) is 7.47. The first kappa shape index (κ1) is 15.4. The van der Waals surface area contributed by atoms with Gasteiger partial charge in [-0.25, -0.2) is 0 Å². The van der Waals surface area contributed by atoms with Gasteiger partial charge in [0.15, 0.2) is 0 Å². The normalized spacial score (nSPS) is 11.8.